The highest BCUT2D eigenvalue weighted by atomic mass is 35.5. The Hall–Kier alpha value is -0.810. The van der Waals surface area contributed by atoms with E-state index in [4.69, 9.17) is 21.4 Å². The summed E-state index contributed by atoms with van der Waals surface area (Å²) in [6, 6.07) is 5.91. The highest BCUT2D eigenvalue weighted by Gasteiger charge is 2.02. The van der Waals surface area contributed by atoms with E-state index in [0.717, 1.165) is 43.8 Å². The average Bonchev–Trinajstić information content (AvgIpc) is 2.45. The van der Waals surface area contributed by atoms with E-state index in [2.05, 4.69) is 17.6 Å². The van der Waals surface area contributed by atoms with Gasteiger partial charge in [0.05, 0.1) is 18.2 Å². The lowest BCUT2D eigenvalue weighted by atomic mass is 10.2. The fraction of sp³-hybridized carbons (Fsp3) is 0.600. The van der Waals surface area contributed by atoms with E-state index in [1.165, 1.54) is 0 Å². The normalized spacial score (nSPS) is 10.8. The van der Waals surface area contributed by atoms with Gasteiger partial charge in [-0.15, -0.1) is 0 Å². The minimum atomic E-state index is 0.193. The molecule has 1 rings (SSSR count). The number of hydrogen-bond donors (Lipinski definition) is 3. The number of ether oxygens (including phenoxy) is 1. The van der Waals surface area contributed by atoms with Crippen molar-refractivity contribution in [3.63, 3.8) is 0 Å². The Labute approximate surface area is 126 Å². The van der Waals surface area contributed by atoms with Crippen molar-refractivity contribution in [1.82, 2.24) is 10.6 Å². The van der Waals surface area contributed by atoms with Crippen LogP contribution in [0.3, 0.4) is 0 Å². The van der Waals surface area contributed by atoms with Gasteiger partial charge in [0.15, 0.2) is 0 Å². The standard InChI is InChI=1S/C15H25ClN2O2/c1-2-10-20-15-5-4-13(11-14(15)16)12-18-7-3-6-17-8-9-19/h4-5,11,17-19H,2-3,6-10,12H2,1H3. The molecule has 3 N–H and O–H groups in total. The van der Waals surface area contributed by atoms with Gasteiger partial charge in [-0.3, -0.25) is 0 Å². The Bertz CT molecular complexity index is 375. The van der Waals surface area contributed by atoms with E-state index in [-0.39, 0.29) is 6.61 Å². The van der Waals surface area contributed by atoms with Gasteiger partial charge < -0.3 is 20.5 Å². The second-order valence-corrected chi connectivity index (χ2v) is 5.02. The molecule has 0 heterocycles. The van der Waals surface area contributed by atoms with Gasteiger partial charge >= 0.3 is 0 Å². The number of nitrogens with one attached hydrogen (secondary N) is 2. The molecule has 5 heteroatoms. The van der Waals surface area contributed by atoms with Crippen LogP contribution < -0.4 is 15.4 Å². The van der Waals surface area contributed by atoms with E-state index < -0.39 is 0 Å². The molecule has 0 aromatic heterocycles. The summed E-state index contributed by atoms with van der Waals surface area (Å²) >= 11 is 6.18. The first-order valence-electron chi connectivity index (χ1n) is 7.21. The van der Waals surface area contributed by atoms with E-state index in [0.29, 0.717) is 18.2 Å². The van der Waals surface area contributed by atoms with Gasteiger partial charge in [-0.2, -0.15) is 0 Å². The Kier molecular flexibility index (Phi) is 9.41. The van der Waals surface area contributed by atoms with Crippen LogP contribution in [-0.4, -0.2) is 38.0 Å². The molecule has 0 aliphatic rings. The zero-order valence-corrected chi connectivity index (χ0v) is 12.9. The van der Waals surface area contributed by atoms with Crippen LogP contribution in [0.4, 0.5) is 0 Å². The summed E-state index contributed by atoms with van der Waals surface area (Å²) in [6.07, 6.45) is 2.01. The maximum Gasteiger partial charge on any atom is 0.137 e. The summed E-state index contributed by atoms with van der Waals surface area (Å²) in [6.45, 7) is 6.27. The van der Waals surface area contributed by atoms with Crippen LogP contribution in [0, 0.1) is 0 Å². The average molecular weight is 301 g/mol. The molecule has 0 spiro atoms. The third-order valence-electron chi connectivity index (χ3n) is 2.78. The third kappa shape index (κ3) is 7.10. The lowest BCUT2D eigenvalue weighted by Crippen LogP contribution is -2.23. The lowest BCUT2D eigenvalue weighted by molar-refractivity contribution is 0.292. The number of hydrogen-bond acceptors (Lipinski definition) is 4. The molecule has 0 aliphatic heterocycles. The zero-order valence-electron chi connectivity index (χ0n) is 12.1. The van der Waals surface area contributed by atoms with Gasteiger partial charge in [0, 0.05) is 13.1 Å². The maximum absolute atomic E-state index is 8.62. The molecular weight excluding hydrogens is 276 g/mol. The van der Waals surface area contributed by atoms with Gasteiger partial charge in [0.2, 0.25) is 0 Å². The van der Waals surface area contributed by atoms with Crippen molar-refractivity contribution < 1.29 is 9.84 Å². The Balaban J connectivity index is 2.22. The number of benzene rings is 1. The van der Waals surface area contributed by atoms with Gasteiger partial charge in [0.1, 0.15) is 5.75 Å². The van der Waals surface area contributed by atoms with Gasteiger partial charge in [-0.25, -0.2) is 0 Å². The minimum Gasteiger partial charge on any atom is -0.492 e. The largest absolute Gasteiger partial charge is 0.492 e. The fourth-order valence-electron chi connectivity index (χ4n) is 1.76. The summed E-state index contributed by atoms with van der Waals surface area (Å²) in [4.78, 5) is 0. The Morgan fingerprint density at radius 1 is 1.20 bits per heavy atom. The Morgan fingerprint density at radius 3 is 2.70 bits per heavy atom. The molecule has 0 aliphatic carbocycles. The van der Waals surface area contributed by atoms with Crippen LogP contribution in [0.25, 0.3) is 0 Å². The SMILES string of the molecule is CCCOc1ccc(CNCCCNCCO)cc1Cl. The van der Waals surface area contributed by atoms with E-state index in [1.54, 1.807) is 0 Å². The van der Waals surface area contributed by atoms with Crippen molar-refractivity contribution in [1.29, 1.82) is 0 Å². The zero-order chi connectivity index (χ0) is 14.6. The first-order valence-corrected chi connectivity index (χ1v) is 7.59. The van der Waals surface area contributed by atoms with Crippen molar-refractivity contribution >= 4 is 11.6 Å². The van der Waals surface area contributed by atoms with Crippen LogP contribution in [0.1, 0.15) is 25.3 Å². The minimum absolute atomic E-state index is 0.193. The van der Waals surface area contributed by atoms with E-state index in [1.807, 2.05) is 18.2 Å². The van der Waals surface area contributed by atoms with Crippen molar-refractivity contribution in [2.45, 2.75) is 26.3 Å². The van der Waals surface area contributed by atoms with Crippen LogP contribution in [0.5, 0.6) is 5.75 Å². The number of rotatable bonds is 11. The predicted molar refractivity (Wildman–Crippen MR) is 83.5 cm³/mol. The molecule has 1 aromatic carbocycles. The molecule has 0 bridgehead atoms. The summed E-state index contributed by atoms with van der Waals surface area (Å²) in [7, 11) is 0. The third-order valence-corrected chi connectivity index (χ3v) is 3.08. The molecule has 0 fully saturated rings. The molecule has 20 heavy (non-hydrogen) atoms. The van der Waals surface area contributed by atoms with E-state index >= 15 is 0 Å². The highest BCUT2D eigenvalue weighted by Crippen LogP contribution is 2.25. The van der Waals surface area contributed by atoms with Crippen LogP contribution in [0.15, 0.2) is 18.2 Å². The van der Waals surface area contributed by atoms with Crippen molar-refractivity contribution in [3.05, 3.63) is 28.8 Å². The number of aliphatic hydroxyl groups is 1. The summed E-state index contributed by atoms with van der Waals surface area (Å²) in [5.74, 6) is 0.755. The molecule has 114 valence electrons. The fourth-order valence-corrected chi connectivity index (χ4v) is 2.02. The summed E-state index contributed by atoms with van der Waals surface area (Å²) < 4.78 is 5.54. The second-order valence-electron chi connectivity index (χ2n) is 4.62. The predicted octanol–water partition coefficient (Wildman–Crippen LogP) is 2.19. The summed E-state index contributed by atoms with van der Waals surface area (Å²) in [5.41, 5.74) is 1.15. The molecule has 0 atom stereocenters. The maximum atomic E-state index is 8.62. The lowest BCUT2D eigenvalue weighted by Gasteiger charge is -2.09. The molecular formula is C15H25ClN2O2. The first kappa shape index (κ1) is 17.2. The van der Waals surface area contributed by atoms with Gasteiger partial charge in [0.25, 0.3) is 0 Å². The molecule has 4 nitrogen and oxygen atoms in total. The van der Waals surface area contributed by atoms with Gasteiger partial charge in [-0.05, 0) is 43.6 Å². The molecule has 0 unspecified atom stereocenters. The smallest absolute Gasteiger partial charge is 0.137 e. The quantitative estimate of drug-likeness (QED) is 0.548. The van der Waals surface area contributed by atoms with Crippen LogP contribution in [0.2, 0.25) is 5.02 Å². The monoisotopic (exact) mass is 300 g/mol. The van der Waals surface area contributed by atoms with Crippen LogP contribution in [-0.2, 0) is 6.54 Å². The molecule has 0 amide bonds. The molecule has 0 saturated carbocycles. The van der Waals surface area contributed by atoms with Crippen molar-refractivity contribution in [2.24, 2.45) is 0 Å². The molecule has 0 radical (unpaired) electrons. The van der Waals surface area contributed by atoms with Gasteiger partial charge in [-0.1, -0.05) is 24.6 Å². The highest BCUT2D eigenvalue weighted by molar-refractivity contribution is 6.32. The second kappa shape index (κ2) is 10.9. The van der Waals surface area contributed by atoms with E-state index in [9.17, 15) is 0 Å². The summed E-state index contributed by atoms with van der Waals surface area (Å²) in [5, 5.41) is 15.8. The van der Waals surface area contributed by atoms with Crippen molar-refractivity contribution in [2.75, 3.05) is 32.8 Å². The number of aliphatic hydroxyl groups excluding tert-OH is 1. The molecule has 1 aromatic rings. The Morgan fingerprint density at radius 2 is 2.00 bits per heavy atom. The molecule has 0 saturated heterocycles. The van der Waals surface area contributed by atoms with Crippen molar-refractivity contribution in [3.8, 4) is 5.75 Å². The van der Waals surface area contributed by atoms with Crippen LogP contribution >= 0.6 is 11.6 Å². The topological polar surface area (TPSA) is 53.5 Å². The number of halogens is 1. The first-order chi connectivity index (χ1) is 9.77.